The average molecular weight is 215 g/mol. The first-order valence-electron chi connectivity index (χ1n) is 4.39. The summed E-state index contributed by atoms with van der Waals surface area (Å²) in [5.41, 5.74) is 1.43. The lowest BCUT2D eigenvalue weighted by Gasteiger charge is -2.62. The van der Waals surface area contributed by atoms with Crippen LogP contribution in [0.5, 0.6) is 0 Å². The van der Waals surface area contributed by atoms with Gasteiger partial charge in [-0.2, -0.15) is 0 Å². The predicted octanol–water partition coefficient (Wildman–Crippen LogP) is 2.83. The van der Waals surface area contributed by atoms with Gasteiger partial charge in [-0.25, -0.2) is 0 Å². The van der Waals surface area contributed by atoms with Crippen LogP contribution in [0.3, 0.4) is 0 Å². The molecule has 13 heavy (non-hydrogen) atoms. The molecular weight excluding hydrogens is 207 g/mol. The quantitative estimate of drug-likeness (QED) is 0.719. The Bertz CT molecular complexity index is 361. The lowest BCUT2D eigenvalue weighted by molar-refractivity contribution is -0.0276. The van der Waals surface area contributed by atoms with Crippen molar-refractivity contribution in [2.24, 2.45) is 5.92 Å². The summed E-state index contributed by atoms with van der Waals surface area (Å²) in [6, 6.07) is 1.87. The van der Waals surface area contributed by atoms with Crippen molar-refractivity contribution in [1.82, 2.24) is 10.2 Å². The zero-order valence-corrected chi connectivity index (χ0v) is 8.44. The van der Waals surface area contributed by atoms with Crippen molar-refractivity contribution < 1.29 is 0 Å². The highest BCUT2D eigenvalue weighted by molar-refractivity contribution is 6.31. The van der Waals surface area contributed by atoms with Crippen LogP contribution in [0.1, 0.15) is 24.8 Å². The Morgan fingerprint density at radius 3 is 2.46 bits per heavy atom. The molecule has 3 fully saturated rings. The van der Waals surface area contributed by atoms with Gasteiger partial charge in [-0.3, -0.25) is 0 Å². The maximum atomic E-state index is 5.99. The Hall–Kier alpha value is -0.340. The maximum absolute atomic E-state index is 5.99. The van der Waals surface area contributed by atoms with E-state index in [0.29, 0.717) is 15.7 Å². The van der Waals surface area contributed by atoms with Crippen LogP contribution < -0.4 is 0 Å². The summed E-state index contributed by atoms with van der Waals surface area (Å²) < 4.78 is 0. The SMILES string of the molecule is Clc1cc(C23CC(C2)C3)c(Cl)nn1. The van der Waals surface area contributed by atoms with E-state index in [9.17, 15) is 0 Å². The highest BCUT2D eigenvalue weighted by Gasteiger charge is 2.58. The first kappa shape index (κ1) is 8.01. The Balaban J connectivity index is 2.07. The minimum Gasteiger partial charge on any atom is -0.137 e. The van der Waals surface area contributed by atoms with Gasteiger partial charge in [0.1, 0.15) is 0 Å². The molecular formula is C9H8Cl2N2. The summed E-state index contributed by atoms with van der Waals surface area (Å²) in [6.07, 6.45) is 3.78. The molecule has 0 N–H and O–H groups in total. The average Bonchev–Trinajstić information content (AvgIpc) is 1.90. The number of halogens is 2. The van der Waals surface area contributed by atoms with Crippen molar-refractivity contribution >= 4 is 23.2 Å². The first-order chi connectivity index (χ1) is 6.20. The van der Waals surface area contributed by atoms with Crippen LogP contribution in [0.2, 0.25) is 10.3 Å². The molecule has 3 aliphatic rings. The predicted molar refractivity (Wildman–Crippen MR) is 51.1 cm³/mol. The van der Waals surface area contributed by atoms with Crippen LogP contribution >= 0.6 is 23.2 Å². The topological polar surface area (TPSA) is 25.8 Å². The summed E-state index contributed by atoms with van der Waals surface area (Å²) in [6.45, 7) is 0. The molecule has 4 heteroatoms. The molecule has 1 aromatic rings. The van der Waals surface area contributed by atoms with Gasteiger partial charge in [0.05, 0.1) is 0 Å². The molecule has 0 aromatic carbocycles. The van der Waals surface area contributed by atoms with Crippen LogP contribution in [-0.4, -0.2) is 10.2 Å². The Morgan fingerprint density at radius 2 is 1.92 bits per heavy atom. The van der Waals surface area contributed by atoms with Gasteiger partial charge in [-0.05, 0) is 36.7 Å². The highest BCUT2D eigenvalue weighted by Crippen LogP contribution is 2.65. The lowest BCUT2D eigenvalue weighted by Crippen LogP contribution is -2.55. The third-order valence-corrected chi connectivity index (χ3v) is 3.79. The third-order valence-electron chi connectivity index (χ3n) is 3.33. The molecule has 0 unspecified atom stereocenters. The van der Waals surface area contributed by atoms with Gasteiger partial charge >= 0.3 is 0 Å². The molecule has 68 valence electrons. The first-order valence-corrected chi connectivity index (χ1v) is 5.14. The summed E-state index contributed by atoms with van der Waals surface area (Å²) in [4.78, 5) is 0. The molecule has 0 atom stereocenters. The van der Waals surface area contributed by atoms with Gasteiger partial charge in [0.15, 0.2) is 10.3 Å². The molecule has 0 aliphatic heterocycles. The van der Waals surface area contributed by atoms with E-state index >= 15 is 0 Å². The van der Waals surface area contributed by atoms with E-state index in [1.807, 2.05) is 6.07 Å². The summed E-state index contributed by atoms with van der Waals surface area (Å²) in [5.74, 6) is 0.933. The van der Waals surface area contributed by atoms with Gasteiger partial charge in [0, 0.05) is 5.56 Å². The second kappa shape index (κ2) is 2.37. The van der Waals surface area contributed by atoms with Crippen LogP contribution in [0, 0.1) is 5.92 Å². The molecule has 2 nitrogen and oxygen atoms in total. The number of hydrogen-bond acceptors (Lipinski definition) is 2. The molecule has 1 aromatic heterocycles. The van der Waals surface area contributed by atoms with Crippen molar-refractivity contribution in [1.29, 1.82) is 0 Å². The fraction of sp³-hybridized carbons (Fsp3) is 0.556. The van der Waals surface area contributed by atoms with E-state index in [4.69, 9.17) is 23.2 Å². The van der Waals surface area contributed by atoms with E-state index in [0.717, 1.165) is 11.5 Å². The molecule has 2 bridgehead atoms. The molecule has 1 heterocycles. The largest absolute Gasteiger partial charge is 0.155 e. The van der Waals surface area contributed by atoms with E-state index in [-0.39, 0.29) is 0 Å². The smallest absolute Gasteiger partial charge is 0.137 e. The van der Waals surface area contributed by atoms with Gasteiger partial charge in [-0.1, -0.05) is 23.2 Å². The van der Waals surface area contributed by atoms with Crippen LogP contribution in [0.25, 0.3) is 0 Å². The Labute approximate surface area is 86.3 Å². The molecule has 0 amide bonds. The maximum Gasteiger partial charge on any atom is 0.155 e. The van der Waals surface area contributed by atoms with Gasteiger partial charge in [0.25, 0.3) is 0 Å². The van der Waals surface area contributed by atoms with Crippen molar-refractivity contribution in [3.05, 3.63) is 21.9 Å². The van der Waals surface area contributed by atoms with Gasteiger partial charge < -0.3 is 0 Å². The minimum atomic E-state index is 0.321. The van der Waals surface area contributed by atoms with Crippen molar-refractivity contribution in [3.63, 3.8) is 0 Å². The Morgan fingerprint density at radius 1 is 1.23 bits per heavy atom. The minimum absolute atomic E-state index is 0.321. The van der Waals surface area contributed by atoms with Crippen LogP contribution in [0.4, 0.5) is 0 Å². The number of hydrogen-bond donors (Lipinski definition) is 0. The monoisotopic (exact) mass is 214 g/mol. The molecule has 0 saturated heterocycles. The number of rotatable bonds is 1. The van der Waals surface area contributed by atoms with Crippen molar-refractivity contribution in [2.45, 2.75) is 24.7 Å². The highest BCUT2D eigenvalue weighted by atomic mass is 35.5. The molecule has 3 saturated carbocycles. The second-order valence-corrected chi connectivity index (χ2v) is 4.88. The summed E-state index contributed by atoms with van der Waals surface area (Å²) in [5, 5.41) is 8.53. The standard InChI is InChI=1S/C9H8Cl2N2/c10-7-1-6(8(11)13-12-7)9-2-5(3-9)4-9/h1,5H,2-4H2. The van der Waals surface area contributed by atoms with Gasteiger partial charge in [0.2, 0.25) is 0 Å². The molecule has 0 spiro atoms. The van der Waals surface area contributed by atoms with Crippen molar-refractivity contribution in [3.8, 4) is 0 Å². The third kappa shape index (κ3) is 0.960. The zero-order valence-electron chi connectivity index (χ0n) is 6.93. The number of nitrogens with zero attached hydrogens (tertiary/aromatic N) is 2. The number of aromatic nitrogens is 2. The fourth-order valence-corrected chi connectivity index (χ4v) is 2.97. The molecule has 4 rings (SSSR count). The summed E-state index contributed by atoms with van der Waals surface area (Å²) >= 11 is 11.8. The zero-order chi connectivity index (χ0) is 9.05. The van der Waals surface area contributed by atoms with E-state index in [1.54, 1.807) is 0 Å². The van der Waals surface area contributed by atoms with Crippen LogP contribution in [0.15, 0.2) is 6.07 Å². The van der Waals surface area contributed by atoms with E-state index in [2.05, 4.69) is 10.2 Å². The fourth-order valence-electron chi connectivity index (χ4n) is 2.53. The molecule has 0 radical (unpaired) electrons. The Kier molecular flexibility index (Phi) is 1.46. The van der Waals surface area contributed by atoms with E-state index < -0.39 is 0 Å². The van der Waals surface area contributed by atoms with Gasteiger partial charge in [-0.15, -0.1) is 10.2 Å². The van der Waals surface area contributed by atoms with Crippen LogP contribution in [-0.2, 0) is 5.41 Å². The van der Waals surface area contributed by atoms with E-state index in [1.165, 1.54) is 19.3 Å². The molecule has 3 aliphatic carbocycles. The summed E-state index contributed by atoms with van der Waals surface area (Å²) in [7, 11) is 0. The lowest BCUT2D eigenvalue weighted by atomic mass is 9.42. The normalized spacial score (nSPS) is 35.1. The van der Waals surface area contributed by atoms with Crippen molar-refractivity contribution in [2.75, 3.05) is 0 Å². The second-order valence-electron chi connectivity index (χ2n) is 4.13.